The van der Waals surface area contributed by atoms with Crippen molar-refractivity contribution in [3.05, 3.63) is 12.2 Å². The number of hydrogen-bond acceptors (Lipinski definition) is 3. The third-order valence-corrected chi connectivity index (χ3v) is 3.85. The lowest BCUT2D eigenvalue weighted by Crippen LogP contribution is -2.18. The molecule has 0 spiro atoms. The Balaban J connectivity index is 3.34. The number of aliphatic hydroxyl groups is 2. The standard InChI is InChI=1S/C18H34O4/c1-2-3-4-10-13-16(19)14-11-8-6-5-7-9-12-15-17(20)18(21)22/h8,11,16-17,19-20H,2-7,9-10,12-15H2,1H3,(H,21,22)/b11-8-/t16-,17?/m1/s1. The molecule has 0 fully saturated rings. The summed E-state index contributed by atoms with van der Waals surface area (Å²) in [5, 5.41) is 27.4. The Bertz CT molecular complexity index is 289. The summed E-state index contributed by atoms with van der Waals surface area (Å²) in [5.74, 6) is -1.13. The van der Waals surface area contributed by atoms with Gasteiger partial charge >= 0.3 is 5.97 Å². The predicted octanol–water partition coefficient (Wildman–Crippen LogP) is 4.05. The van der Waals surface area contributed by atoms with Gasteiger partial charge in [-0.15, -0.1) is 0 Å². The summed E-state index contributed by atoms with van der Waals surface area (Å²) in [6.07, 6.45) is 14.4. The Kier molecular flexibility index (Phi) is 14.4. The van der Waals surface area contributed by atoms with Gasteiger partial charge in [0.15, 0.2) is 6.10 Å². The number of carbonyl (C=O) groups is 1. The Morgan fingerprint density at radius 1 is 0.909 bits per heavy atom. The van der Waals surface area contributed by atoms with Crippen LogP contribution < -0.4 is 0 Å². The molecule has 2 atom stereocenters. The van der Waals surface area contributed by atoms with Crippen LogP contribution in [0.3, 0.4) is 0 Å². The molecule has 4 nitrogen and oxygen atoms in total. The molecule has 3 N–H and O–H groups in total. The number of carboxylic acids is 1. The highest BCUT2D eigenvalue weighted by Gasteiger charge is 2.11. The van der Waals surface area contributed by atoms with Crippen LogP contribution in [-0.4, -0.2) is 33.5 Å². The van der Waals surface area contributed by atoms with E-state index >= 15 is 0 Å². The van der Waals surface area contributed by atoms with E-state index in [1.807, 2.05) is 0 Å². The molecule has 0 aliphatic heterocycles. The SMILES string of the molecule is CCCCCC[C@@H](O)C/C=C\CCCCCCC(O)C(=O)O. The van der Waals surface area contributed by atoms with E-state index in [2.05, 4.69) is 19.1 Å². The number of rotatable bonds is 15. The van der Waals surface area contributed by atoms with Gasteiger partial charge in [-0.3, -0.25) is 0 Å². The van der Waals surface area contributed by atoms with E-state index in [4.69, 9.17) is 10.2 Å². The van der Waals surface area contributed by atoms with Crippen molar-refractivity contribution >= 4 is 5.97 Å². The van der Waals surface area contributed by atoms with Gasteiger partial charge in [-0.1, -0.05) is 64.0 Å². The zero-order chi connectivity index (χ0) is 16.6. The molecule has 0 heterocycles. The largest absolute Gasteiger partial charge is 0.479 e. The van der Waals surface area contributed by atoms with Crippen LogP contribution in [0.15, 0.2) is 12.2 Å². The first kappa shape index (κ1) is 21.1. The first-order valence-corrected chi connectivity index (χ1v) is 8.81. The summed E-state index contributed by atoms with van der Waals surface area (Å²) in [4.78, 5) is 10.4. The maximum absolute atomic E-state index is 10.4. The van der Waals surface area contributed by atoms with Crippen molar-refractivity contribution in [2.75, 3.05) is 0 Å². The van der Waals surface area contributed by atoms with Crippen molar-refractivity contribution < 1.29 is 20.1 Å². The van der Waals surface area contributed by atoms with Crippen molar-refractivity contribution in [2.45, 2.75) is 96.2 Å². The van der Waals surface area contributed by atoms with Crippen molar-refractivity contribution in [3.8, 4) is 0 Å². The van der Waals surface area contributed by atoms with E-state index in [1.165, 1.54) is 19.3 Å². The first-order chi connectivity index (χ1) is 10.6. The molecule has 1 unspecified atom stereocenters. The highest BCUT2D eigenvalue weighted by Crippen LogP contribution is 2.10. The van der Waals surface area contributed by atoms with Gasteiger partial charge in [-0.05, 0) is 32.1 Å². The number of carboxylic acid groups (broad SMARTS) is 1. The van der Waals surface area contributed by atoms with E-state index in [1.54, 1.807) is 0 Å². The van der Waals surface area contributed by atoms with Gasteiger partial charge in [0.25, 0.3) is 0 Å². The molecular formula is C18H34O4. The number of aliphatic carboxylic acids is 1. The normalized spacial score (nSPS) is 14.3. The molecule has 0 saturated heterocycles. The van der Waals surface area contributed by atoms with Gasteiger partial charge in [-0.25, -0.2) is 4.79 Å². The monoisotopic (exact) mass is 314 g/mol. The quantitative estimate of drug-likeness (QED) is 0.315. The maximum atomic E-state index is 10.4. The van der Waals surface area contributed by atoms with Crippen LogP contribution in [0, 0.1) is 0 Å². The van der Waals surface area contributed by atoms with Crippen LogP contribution in [0.5, 0.6) is 0 Å². The molecule has 0 amide bonds. The molecule has 0 saturated carbocycles. The fourth-order valence-electron chi connectivity index (χ4n) is 2.37. The summed E-state index contributed by atoms with van der Waals surface area (Å²) in [6, 6.07) is 0. The smallest absolute Gasteiger partial charge is 0.332 e. The lowest BCUT2D eigenvalue weighted by molar-refractivity contribution is -0.146. The summed E-state index contributed by atoms with van der Waals surface area (Å²) in [7, 11) is 0. The lowest BCUT2D eigenvalue weighted by Gasteiger charge is -2.07. The Labute approximate surface area is 135 Å². The van der Waals surface area contributed by atoms with Crippen LogP contribution in [-0.2, 0) is 4.79 Å². The van der Waals surface area contributed by atoms with Gasteiger partial charge in [-0.2, -0.15) is 0 Å². The van der Waals surface area contributed by atoms with Crippen molar-refractivity contribution in [1.29, 1.82) is 0 Å². The van der Waals surface area contributed by atoms with Crippen LogP contribution >= 0.6 is 0 Å². The predicted molar refractivity (Wildman–Crippen MR) is 89.9 cm³/mol. The van der Waals surface area contributed by atoms with Crippen LogP contribution in [0.25, 0.3) is 0 Å². The Hall–Kier alpha value is -0.870. The number of unbranched alkanes of at least 4 members (excludes halogenated alkanes) is 7. The Morgan fingerprint density at radius 2 is 1.55 bits per heavy atom. The summed E-state index contributed by atoms with van der Waals surface area (Å²) in [6.45, 7) is 2.19. The highest BCUT2D eigenvalue weighted by molar-refractivity contribution is 5.71. The number of hydrogen-bond donors (Lipinski definition) is 3. The molecule has 0 aliphatic carbocycles. The van der Waals surface area contributed by atoms with Gasteiger partial charge in [0.1, 0.15) is 0 Å². The van der Waals surface area contributed by atoms with Gasteiger partial charge < -0.3 is 15.3 Å². The molecule has 0 aliphatic rings. The van der Waals surface area contributed by atoms with Crippen LogP contribution in [0.4, 0.5) is 0 Å². The molecule has 0 rings (SSSR count). The fourth-order valence-corrected chi connectivity index (χ4v) is 2.37. The Morgan fingerprint density at radius 3 is 2.23 bits per heavy atom. The molecular weight excluding hydrogens is 280 g/mol. The van der Waals surface area contributed by atoms with Gasteiger partial charge in [0.05, 0.1) is 6.10 Å². The van der Waals surface area contributed by atoms with Crippen LogP contribution in [0.2, 0.25) is 0 Å². The van der Waals surface area contributed by atoms with E-state index < -0.39 is 12.1 Å². The second-order valence-electron chi connectivity index (χ2n) is 6.06. The van der Waals surface area contributed by atoms with E-state index in [0.29, 0.717) is 6.42 Å². The number of allylic oxidation sites excluding steroid dienone is 1. The molecule has 22 heavy (non-hydrogen) atoms. The van der Waals surface area contributed by atoms with E-state index in [0.717, 1.165) is 51.4 Å². The fraction of sp³-hybridized carbons (Fsp3) is 0.833. The minimum Gasteiger partial charge on any atom is -0.479 e. The highest BCUT2D eigenvalue weighted by atomic mass is 16.4. The van der Waals surface area contributed by atoms with Gasteiger partial charge in [0, 0.05) is 0 Å². The zero-order valence-electron chi connectivity index (χ0n) is 14.0. The number of aliphatic hydroxyl groups excluding tert-OH is 2. The summed E-state index contributed by atoms with van der Waals surface area (Å²) < 4.78 is 0. The summed E-state index contributed by atoms with van der Waals surface area (Å²) >= 11 is 0. The van der Waals surface area contributed by atoms with Gasteiger partial charge in [0.2, 0.25) is 0 Å². The van der Waals surface area contributed by atoms with Crippen molar-refractivity contribution in [2.24, 2.45) is 0 Å². The van der Waals surface area contributed by atoms with E-state index in [9.17, 15) is 9.90 Å². The second kappa shape index (κ2) is 15.0. The summed E-state index contributed by atoms with van der Waals surface area (Å²) in [5.41, 5.74) is 0. The lowest BCUT2D eigenvalue weighted by atomic mass is 10.1. The van der Waals surface area contributed by atoms with E-state index in [-0.39, 0.29) is 6.10 Å². The minimum absolute atomic E-state index is 0.203. The third-order valence-electron chi connectivity index (χ3n) is 3.85. The molecule has 0 aromatic carbocycles. The maximum Gasteiger partial charge on any atom is 0.332 e. The molecule has 0 aromatic heterocycles. The first-order valence-electron chi connectivity index (χ1n) is 8.81. The van der Waals surface area contributed by atoms with Crippen molar-refractivity contribution in [1.82, 2.24) is 0 Å². The molecule has 0 bridgehead atoms. The molecule has 0 radical (unpaired) electrons. The molecule has 130 valence electrons. The zero-order valence-corrected chi connectivity index (χ0v) is 14.0. The van der Waals surface area contributed by atoms with Crippen molar-refractivity contribution in [3.63, 3.8) is 0 Å². The average Bonchev–Trinajstić information content (AvgIpc) is 2.49. The second-order valence-corrected chi connectivity index (χ2v) is 6.06. The average molecular weight is 314 g/mol. The third kappa shape index (κ3) is 14.1. The van der Waals surface area contributed by atoms with Crippen LogP contribution in [0.1, 0.15) is 84.0 Å². The molecule has 0 aromatic rings. The molecule has 4 heteroatoms. The minimum atomic E-state index is -1.21. The topological polar surface area (TPSA) is 77.8 Å².